The second kappa shape index (κ2) is 6.53. The minimum atomic E-state index is -2.54. The molecule has 6 nitrogen and oxygen atoms in total. The normalized spacial score (nSPS) is 12.7. The van der Waals surface area contributed by atoms with Gasteiger partial charge in [-0.2, -0.15) is 4.68 Å². The van der Waals surface area contributed by atoms with E-state index in [1.165, 1.54) is 17.1 Å². The number of halogens is 4. The van der Waals surface area contributed by atoms with Crippen LogP contribution in [0.15, 0.2) is 17.1 Å². The van der Waals surface area contributed by atoms with Gasteiger partial charge in [-0.25, -0.2) is 23.7 Å². The standard InChI is InChI=1S/C10H9Br2F2N5O/c1-5(11)8-17-9(12)18-19(8)10-15-2-6(3-16-10)20-4-7(13)14/h2-3,5,7H,4H2,1H3. The van der Waals surface area contributed by atoms with Gasteiger partial charge in [0.2, 0.25) is 4.73 Å². The highest BCUT2D eigenvalue weighted by Crippen LogP contribution is 2.23. The lowest BCUT2D eigenvalue weighted by Crippen LogP contribution is -2.10. The molecule has 0 N–H and O–H groups in total. The van der Waals surface area contributed by atoms with E-state index in [2.05, 4.69) is 51.9 Å². The summed E-state index contributed by atoms with van der Waals surface area (Å²) in [6, 6.07) is 0. The molecule has 2 aromatic heterocycles. The summed E-state index contributed by atoms with van der Waals surface area (Å²) >= 11 is 6.57. The van der Waals surface area contributed by atoms with E-state index in [0.29, 0.717) is 10.6 Å². The van der Waals surface area contributed by atoms with Gasteiger partial charge in [-0.1, -0.05) is 15.9 Å². The van der Waals surface area contributed by atoms with Crippen molar-refractivity contribution in [3.8, 4) is 11.7 Å². The number of rotatable bonds is 5. The van der Waals surface area contributed by atoms with E-state index in [0.717, 1.165) is 0 Å². The van der Waals surface area contributed by atoms with Crippen molar-refractivity contribution in [1.82, 2.24) is 24.7 Å². The molecule has 0 bridgehead atoms. The molecule has 0 aromatic carbocycles. The Morgan fingerprint density at radius 3 is 2.55 bits per heavy atom. The molecule has 0 aliphatic carbocycles. The van der Waals surface area contributed by atoms with Crippen LogP contribution in [0.25, 0.3) is 5.95 Å². The molecule has 1 unspecified atom stereocenters. The summed E-state index contributed by atoms with van der Waals surface area (Å²) in [4.78, 5) is 12.2. The van der Waals surface area contributed by atoms with Gasteiger partial charge in [-0.05, 0) is 22.9 Å². The topological polar surface area (TPSA) is 65.7 Å². The van der Waals surface area contributed by atoms with Crippen molar-refractivity contribution in [2.24, 2.45) is 0 Å². The maximum absolute atomic E-state index is 12.0. The highest BCUT2D eigenvalue weighted by Gasteiger charge is 2.16. The maximum Gasteiger partial charge on any atom is 0.272 e. The smallest absolute Gasteiger partial charge is 0.272 e. The Kier molecular flexibility index (Phi) is 4.97. The van der Waals surface area contributed by atoms with Gasteiger partial charge < -0.3 is 4.74 Å². The SMILES string of the molecule is CC(Br)c1nc(Br)nn1-c1ncc(OCC(F)F)cn1. The van der Waals surface area contributed by atoms with Crippen LogP contribution in [0.4, 0.5) is 8.78 Å². The molecule has 20 heavy (non-hydrogen) atoms. The molecule has 2 heterocycles. The first-order chi connectivity index (χ1) is 9.47. The van der Waals surface area contributed by atoms with Crippen molar-refractivity contribution in [1.29, 1.82) is 0 Å². The molecule has 2 rings (SSSR count). The summed E-state index contributed by atoms with van der Waals surface area (Å²) in [5, 5.41) is 4.11. The van der Waals surface area contributed by atoms with E-state index in [1.807, 2.05) is 6.92 Å². The molecule has 0 radical (unpaired) electrons. The number of hydrogen-bond acceptors (Lipinski definition) is 5. The molecule has 0 amide bonds. The summed E-state index contributed by atoms with van der Waals surface area (Å²) in [6.45, 7) is 1.19. The van der Waals surface area contributed by atoms with Gasteiger partial charge in [0.1, 0.15) is 12.4 Å². The van der Waals surface area contributed by atoms with Gasteiger partial charge >= 0.3 is 0 Å². The molecule has 1 atom stereocenters. The molecule has 0 fully saturated rings. The second-order valence-corrected chi connectivity index (χ2v) is 5.77. The fraction of sp³-hybridized carbons (Fsp3) is 0.400. The molecular weight excluding hydrogens is 404 g/mol. The Morgan fingerprint density at radius 1 is 1.35 bits per heavy atom. The predicted molar refractivity (Wildman–Crippen MR) is 73.5 cm³/mol. The third-order valence-corrected chi connectivity index (χ3v) is 2.89. The van der Waals surface area contributed by atoms with E-state index >= 15 is 0 Å². The van der Waals surface area contributed by atoms with Gasteiger partial charge in [-0.3, -0.25) is 0 Å². The van der Waals surface area contributed by atoms with Crippen LogP contribution in [-0.4, -0.2) is 37.8 Å². The van der Waals surface area contributed by atoms with Crippen LogP contribution in [0, 0.1) is 0 Å². The minimum Gasteiger partial charge on any atom is -0.484 e. The lowest BCUT2D eigenvalue weighted by atomic mass is 10.4. The third-order valence-electron chi connectivity index (χ3n) is 2.14. The zero-order valence-electron chi connectivity index (χ0n) is 10.2. The average molecular weight is 413 g/mol. The summed E-state index contributed by atoms with van der Waals surface area (Å²) < 4.78 is 30.7. The quantitative estimate of drug-likeness (QED) is 0.706. The minimum absolute atomic E-state index is 0.0559. The molecule has 2 aromatic rings. The third kappa shape index (κ3) is 3.69. The van der Waals surface area contributed by atoms with Gasteiger partial charge in [0.05, 0.1) is 17.2 Å². The Bertz CT molecular complexity index is 576. The lowest BCUT2D eigenvalue weighted by molar-refractivity contribution is 0.0815. The Labute approximate surface area is 129 Å². The fourth-order valence-electron chi connectivity index (χ4n) is 1.36. The van der Waals surface area contributed by atoms with Crippen LogP contribution in [-0.2, 0) is 0 Å². The summed E-state index contributed by atoms with van der Waals surface area (Å²) in [5.41, 5.74) is 0. The number of nitrogens with zero attached hydrogens (tertiary/aromatic N) is 5. The zero-order valence-corrected chi connectivity index (χ0v) is 13.3. The van der Waals surface area contributed by atoms with Crippen molar-refractivity contribution < 1.29 is 13.5 Å². The first kappa shape index (κ1) is 15.2. The first-order valence-corrected chi connectivity index (χ1v) is 7.18. The van der Waals surface area contributed by atoms with Crippen LogP contribution < -0.4 is 4.74 Å². The largest absolute Gasteiger partial charge is 0.484 e. The Hall–Kier alpha value is -1.16. The number of ether oxygens (including phenoxy) is 1. The average Bonchev–Trinajstić information content (AvgIpc) is 2.79. The van der Waals surface area contributed by atoms with Crippen molar-refractivity contribution in [2.45, 2.75) is 18.2 Å². The lowest BCUT2D eigenvalue weighted by Gasteiger charge is -2.07. The summed E-state index contributed by atoms with van der Waals surface area (Å²) in [7, 11) is 0. The number of alkyl halides is 3. The Morgan fingerprint density at radius 2 is 2.00 bits per heavy atom. The van der Waals surface area contributed by atoms with E-state index in [-0.39, 0.29) is 16.5 Å². The van der Waals surface area contributed by atoms with E-state index in [1.54, 1.807) is 0 Å². The van der Waals surface area contributed by atoms with Crippen molar-refractivity contribution in [3.05, 3.63) is 23.0 Å². The van der Waals surface area contributed by atoms with Crippen molar-refractivity contribution >= 4 is 31.9 Å². The van der Waals surface area contributed by atoms with Gasteiger partial charge in [0.25, 0.3) is 12.4 Å². The van der Waals surface area contributed by atoms with Gasteiger partial charge in [-0.15, -0.1) is 5.10 Å². The molecule has 0 spiro atoms. The first-order valence-electron chi connectivity index (χ1n) is 5.47. The van der Waals surface area contributed by atoms with E-state index < -0.39 is 13.0 Å². The van der Waals surface area contributed by atoms with Crippen LogP contribution in [0.5, 0.6) is 5.75 Å². The monoisotopic (exact) mass is 411 g/mol. The second-order valence-electron chi connectivity index (χ2n) is 3.69. The van der Waals surface area contributed by atoms with Crippen LogP contribution in [0.2, 0.25) is 0 Å². The van der Waals surface area contributed by atoms with Crippen LogP contribution >= 0.6 is 31.9 Å². The highest BCUT2D eigenvalue weighted by molar-refractivity contribution is 9.10. The van der Waals surface area contributed by atoms with Crippen molar-refractivity contribution in [2.75, 3.05) is 6.61 Å². The number of aromatic nitrogens is 5. The fourth-order valence-corrected chi connectivity index (χ4v) is 1.99. The Balaban J connectivity index is 2.21. The van der Waals surface area contributed by atoms with Crippen LogP contribution in [0.3, 0.4) is 0 Å². The van der Waals surface area contributed by atoms with Gasteiger partial charge in [0.15, 0.2) is 5.75 Å². The molecular formula is C10H9Br2F2N5O. The molecule has 108 valence electrons. The molecule has 0 aliphatic rings. The maximum atomic E-state index is 12.0. The van der Waals surface area contributed by atoms with E-state index in [9.17, 15) is 8.78 Å². The molecule has 10 heteroatoms. The molecule has 0 saturated heterocycles. The highest BCUT2D eigenvalue weighted by atomic mass is 79.9. The summed E-state index contributed by atoms with van der Waals surface area (Å²) in [6.07, 6.45) is 0.0770. The molecule has 0 saturated carbocycles. The van der Waals surface area contributed by atoms with Crippen LogP contribution in [0.1, 0.15) is 17.6 Å². The number of hydrogen-bond donors (Lipinski definition) is 0. The van der Waals surface area contributed by atoms with E-state index in [4.69, 9.17) is 4.74 Å². The van der Waals surface area contributed by atoms with Crippen molar-refractivity contribution in [3.63, 3.8) is 0 Å². The molecule has 0 aliphatic heterocycles. The summed E-state index contributed by atoms with van der Waals surface area (Å²) in [5.74, 6) is 1.05. The van der Waals surface area contributed by atoms with Gasteiger partial charge in [0, 0.05) is 0 Å². The zero-order chi connectivity index (χ0) is 14.7. The predicted octanol–water partition coefficient (Wildman–Crippen LogP) is 2.92.